The summed E-state index contributed by atoms with van der Waals surface area (Å²) < 4.78 is 24.9. The molecule has 20 nitrogen and oxygen atoms in total. The molecule has 1 aliphatic heterocycles. The largest absolute Gasteiger partial charge is 0.481 e. The molecule has 0 spiro atoms. The summed E-state index contributed by atoms with van der Waals surface area (Å²) in [5.74, 6) is -2.05. The van der Waals surface area contributed by atoms with E-state index in [2.05, 4.69) is 73.1 Å². The van der Waals surface area contributed by atoms with E-state index >= 15 is 0 Å². The molecule has 22 heteroatoms. The maximum absolute atomic E-state index is 11.6. The van der Waals surface area contributed by atoms with E-state index in [1.807, 2.05) is 0 Å². The number of amides is 3. The maximum Gasteiger partial charge on any atom is 0.333 e. The Labute approximate surface area is 452 Å². The van der Waals surface area contributed by atoms with Crippen molar-refractivity contribution in [3.8, 4) is 0 Å². The van der Waals surface area contributed by atoms with Crippen LogP contribution in [0.5, 0.6) is 0 Å². The van der Waals surface area contributed by atoms with E-state index < -0.39 is 39.3 Å². The van der Waals surface area contributed by atoms with Crippen LogP contribution < -0.4 is 11.1 Å². The van der Waals surface area contributed by atoms with Crippen LogP contribution in [0.2, 0.25) is 0 Å². The average molecular weight is 1110 g/mol. The van der Waals surface area contributed by atoms with Crippen molar-refractivity contribution in [2.45, 2.75) is 181 Å². The highest BCUT2D eigenvalue weighted by atomic mass is 32.3. The molecule has 0 radical (unpaired) electrons. The van der Waals surface area contributed by atoms with Crippen LogP contribution in [0.1, 0.15) is 181 Å². The molecule has 0 bridgehead atoms. The summed E-state index contributed by atoms with van der Waals surface area (Å²) in [6, 6.07) is 0. The van der Waals surface area contributed by atoms with Gasteiger partial charge in [0, 0.05) is 70.3 Å². The monoisotopic (exact) mass is 1110 g/mol. The lowest BCUT2D eigenvalue weighted by atomic mass is 10.1. The molecule has 0 unspecified atom stereocenters. The normalized spacial score (nSPS) is 12.9. The Hall–Kier alpha value is -3.09. The number of hydrogen-bond donors (Lipinski definition) is 6. The topological polar surface area (TPSA) is 277 Å². The number of hydrogen-bond acceptors (Lipinski definition) is 13. The molecule has 0 atom stereocenters. The minimum atomic E-state index is -4.06. The van der Waals surface area contributed by atoms with Crippen LogP contribution in [0.15, 0.2) is 0 Å². The number of carboxylic acids is 2. The van der Waals surface area contributed by atoms with Crippen LogP contribution >= 0.6 is 11.8 Å². The highest BCUT2D eigenvalue weighted by Gasteiger charge is 2.32. The zero-order valence-electron chi connectivity index (χ0n) is 47.7. The minimum absolute atomic E-state index is 0. The van der Waals surface area contributed by atoms with Crippen molar-refractivity contribution in [3.05, 3.63) is 0 Å². The zero-order valence-corrected chi connectivity index (χ0v) is 49.3. The number of nitrogens with zero attached hydrogens (tertiary/aromatic N) is 4. The van der Waals surface area contributed by atoms with Crippen molar-refractivity contribution in [3.63, 3.8) is 0 Å². The SMILES string of the molecule is C.CC(=O)NCCSC(=O)CCCCCCC[N+](C)(C)C.CS(C)(=O)(O)OO.C[N+](C)(C)CCCCCCCC(=O)O.C[N+](C)(C)CCCCCCCC(=O)ON1C(=O)CCC1=O.NCCCCCCCC(=O)O. The van der Waals surface area contributed by atoms with Crippen molar-refractivity contribution in [2.24, 2.45) is 5.73 Å². The summed E-state index contributed by atoms with van der Waals surface area (Å²) in [6.07, 6.45) is 25.4. The molecule has 0 aromatic carbocycles. The molecule has 0 aliphatic carbocycles. The van der Waals surface area contributed by atoms with Gasteiger partial charge < -0.3 is 44.1 Å². The fourth-order valence-corrected chi connectivity index (χ4v) is 7.11. The van der Waals surface area contributed by atoms with Gasteiger partial charge in [0.25, 0.3) is 11.8 Å². The molecule has 442 valence electrons. The summed E-state index contributed by atoms with van der Waals surface area (Å²) in [7, 11) is 15.7. The van der Waals surface area contributed by atoms with Crippen molar-refractivity contribution in [1.29, 1.82) is 0 Å². The van der Waals surface area contributed by atoms with Gasteiger partial charge in [0.2, 0.25) is 5.91 Å². The summed E-state index contributed by atoms with van der Waals surface area (Å²) in [4.78, 5) is 81.4. The quantitative estimate of drug-likeness (QED) is 0.0114. The van der Waals surface area contributed by atoms with E-state index in [-0.39, 0.29) is 37.7 Å². The number of carboxylic acid groups (broad SMARTS) is 2. The predicted molar refractivity (Wildman–Crippen MR) is 300 cm³/mol. The first kappa shape index (κ1) is 79.8. The lowest BCUT2D eigenvalue weighted by Crippen LogP contribution is -2.35. The van der Waals surface area contributed by atoms with Crippen LogP contribution in [-0.4, -0.2) is 198 Å². The van der Waals surface area contributed by atoms with Gasteiger partial charge in [-0.2, -0.15) is 0 Å². The standard InChI is InChI=1S/C15H27N2O4.C15H30N2O2S.C11H23NO2.C8H17NO2.C2H8O4S.CH4/c1-17(2,3)12-8-6-4-5-7-9-15(20)21-16-13(18)10-11-14(16)19;1-14(18)16-11-13-20-15(19)10-8-6-5-7-9-12-17(2,3)4;1-12(2,3)10-8-6-4-5-7-9-11(13)14;9-7-5-3-1-2-4-6-8(10)11;1-7(2,4,5)6-3;/h4-12H2,1-3H3;5-13H2,1-4H3;4-10H2,1-3H3;1-7,9H2,(H,10,11);3H,1-2H3,(H,4,5);1H4/q+1;;;;;/p+2. The lowest BCUT2D eigenvalue weighted by molar-refractivity contribution is -0.870. The third-order valence-electron chi connectivity index (χ3n) is 10.4. The molecule has 0 aromatic rings. The van der Waals surface area contributed by atoms with Crippen LogP contribution in [0, 0.1) is 0 Å². The molecule has 1 rings (SSSR count). The molecule has 1 heterocycles. The van der Waals surface area contributed by atoms with E-state index in [1.165, 1.54) is 76.7 Å². The van der Waals surface area contributed by atoms with E-state index in [4.69, 9.17) is 30.6 Å². The third-order valence-corrected chi connectivity index (χ3v) is 11.7. The second-order valence-electron chi connectivity index (χ2n) is 22.2. The first-order valence-corrected chi connectivity index (χ1v) is 30.0. The highest BCUT2D eigenvalue weighted by molar-refractivity contribution is 8.13. The molecule has 3 amide bonds. The Morgan fingerprint density at radius 2 is 0.905 bits per heavy atom. The molecule has 74 heavy (non-hydrogen) atoms. The Bertz CT molecular complexity index is 1550. The summed E-state index contributed by atoms with van der Waals surface area (Å²) in [5.41, 5.74) is 5.30. The highest BCUT2D eigenvalue weighted by Crippen LogP contribution is 2.15. The average Bonchev–Trinajstić information content (AvgIpc) is 3.56. The van der Waals surface area contributed by atoms with Gasteiger partial charge in [0.15, 0.2) is 5.12 Å². The van der Waals surface area contributed by atoms with Gasteiger partial charge in [-0.25, -0.2) is 14.3 Å². The molecule has 1 saturated heterocycles. The number of quaternary nitrogens is 3. The molecule has 0 saturated carbocycles. The maximum atomic E-state index is 11.6. The smallest absolute Gasteiger partial charge is 0.333 e. The Balaban J connectivity index is -0.000000279. The second kappa shape index (κ2) is 46.0. The molecule has 1 fully saturated rings. The molecule has 1 aliphatic rings. The fraction of sp³-hybridized carbons (Fsp3) is 0.865. The van der Waals surface area contributed by atoms with Crippen molar-refractivity contribution in [2.75, 3.05) is 114 Å². The number of unbranched alkanes of at least 4 members (excludes halogenated alkanes) is 16. The molecule has 7 N–H and O–H groups in total. The van der Waals surface area contributed by atoms with E-state index in [0.29, 0.717) is 36.6 Å². The van der Waals surface area contributed by atoms with Crippen LogP contribution in [0.25, 0.3) is 0 Å². The van der Waals surface area contributed by atoms with Crippen molar-refractivity contribution >= 4 is 62.1 Å². The van der Waals surface area contributed by atoms with Gasteiger partial charge in [-0.15, -0.1) is 9.40 Å². The number of carbonyl (C=O) groups excluding carboxylic acids is 5. The number of carbonyl (C=O) groups is 7. The zero-order chi connectivity index (χ0) is 57.0. The summed E-state index contributed by atoms with van der Waals surface area (Å²) in [6.45, 7) is 6.40. The number of aliphatic carboxylic acids is 2. The van der Waals surface area contributed by atoms with Gasteiger partial charge >= 0.3 is 17.9 Å². The first-order chi connectivity index (χ1) is 33.6. The molecule has 0 aromatic heterocycles. The fourth-order valence-electron chi connectivity index (χ4n) is 6.38. The number of nitrogens with one attached hydrogen (secondary N) is 1. The Kier molecular flexibility index (Phi) is 49.6. The first-order valence-electron chi connectivity index (χ1n) is 26.3. The van der Waals surface area contributed by atoms with Crippen molar-refractivity contribution in [1.82, 2.24) is 10.4 Å². The van der Waals surface area contributed by atoms with Crippen molar-refractivity contribution < 1.29 is 80.4 Å². The predicted octanol–water partition coefficient (Wildman–Crippen LogP) is 8.14. The molecular formula is C52H111N6O14S2+3. The molecular weight excluding hydrogens is 997 g/mol. The van der Waals surface area contributed by atoms with Gasteiger partial charge in [0.05, 0.1) is 83.1 Å². The third kappa shape index (κ3) is 73.2. The Morgan fingerprint density at radius 3 is 1.22 bits per heavy atom. The lowest BCUT2D eigenvalue weighted by Gasteiger charge is -2.23. The number of imide groups is 1. The number of hydroxylamine groups is 2. The number of rotatable bonds is 36. The van der Waals surface area contributed by atoms with Gasteiger partial charge in [-0.1, -0.05) is 77.0 Å². The van der Waals surface area contributed by atoms with Gasteiger partial charge in [-0.05, 0) is 77.2 Å². The summed E-state index contributed by atoms with van der Waals surface area (Å²) in [5, 5.41) is 27.9. The van der Waals surface area contributed by atoms with Crippen LogP contribution in [0.3, 0.4) is 0 Å². The number of thioether (sulfide) groups is 1. The second-order valence-corrected chi connectivity index (χ2v) is 26.8. The van der Waals surface area contributed by atoms with Gasteiger partial charge in [-0.3, -0.25) is 28.8 Å². The van der Waals surface area contributed by atoms with Crippen LogP contribution in [-0.2, 0) is 52.4 Å². The van der Waals surface area contributed by atoms with E-state index in [9.17, 15) is 37.8 Å². The van der Waals surface area contributed by atoms with E-state index in [1.54, 1.807) is 0 Å². The minimum Gasteiger partial charge on any atom is -0.481 e. The summed E-state index contributed by atoms with van der Waals surface area (Å²) >= 11 is 1.33. The van der Waals surface area contributed by atoms with Crippen LogP contribution in [0.4, 0.5) is 0 Å². The van der Waals surface area contributed by atoms with Gasteiger partial charge in [0.1, 0.15) is 9.63 Å². The number of nitrogens with two attached hydrogens (primary N) is 1. The Morgan fingerprint density at radius 1 is 0.595 bits per heavy atom. The van der Waals surface area contributed by atoms with E-state index in [0.717, 1.165) is 123 Å².